The number of hydrogen-bond donors (Lipinski definition) is 1. The monoisotopic (exact) mass is 434 g/mol. The van der Waals surface area contributed by atoms with E-state index >= 15 is 0 Å². The fourth-order valence-electron chi connectivity index (χ4n) is 2.76. The van der Waals surface area contributed by atoms with Gasteiger partial charge < -0.3 is 9.84 Å². The van der Waals surface area contributed by atoms with Crippen LogP contribution in [0.15, 0.2) is 53.1 Å². The van der Waals surface area contributed by atoms with Crippen LogP contribution in [0.2, 0.25) is 0 Å². The fourth-order valence-corrected chi connectivity index (χ4v) is 2.76. The van der Waals surface area contributed by atoms with Gasteiger partial charge in [-0.1, -0.05) is 19.0 Å². The Kier molecular flexibility index (Phi) is 6.04. The van der Waals surface area contributed by atoms with E-state index in [-0.39, 0.29) is 28.9 Å². The molecule has 0 saturated carbocycles. The normalized spacial score (nSPS) is 12.6. The van der Waals surface area contributed by atoms with Gasteiger partial charge in [-0.15, -0.1) is 0 Å². The van der Waals surface area contributed by atoms with Crippen LogP contribution in [0.3, 0.4) is 0 Å². The maximum Gasteiger partial charge on any atom is 0.416 e. The highest BCUT2D eigenvalue weighted by atomic mass is 19.4. The molecule has 1 atom stereocenters. The van der Waals surface area contributed by atoms with Crippen LogP contribution in [0, 0.1) is 16.0 Å². The van der Waals surface area contributed by atoms with Crippen molar-refractivity contribution in [2.45, 2.75) is 26.1 Å². The van der Waals surface area contributed by atoms with Crippen molar-refractivity contribution >= 4 is 11.6 Å². The summed E-state index contributed by atoms with van der Waals surface area (Å²) < 4.78 is 43.4. The number of carbonyl (C=O) groups is 1. The molecule has 1 amide bonds. The molecule has 31 heavy (non-hydrogen) atoms. The zero-order chi connectivity index (χ0) is 22.8. The van der Waals surface area contributed by atoms with Crippen molar-refractivity contribution in [3.63, 3.8) is 0 Å². The van der Waals surface area contributed by atoms with Crippen LogP contribution >= 0.6 is 0 Å². The standard InChI is InChI=1S/C20H17F3N4O4/c1-11(2)16(24-18(28)13-3-7-14(8-4-13)20(21,22)23)19-25-17(26-31-19)12-5-9-15(10-6-12)27(29)30/h3-11,16H,1-2H3,(H,24,28)/t16-/m1/s1. The van der Waals surface area contributed by atoms with Crippen molar-refractivity contribution in [2.24, 2.45) is 5.92 Å². The van der Waals surface area contributed by atoms with Gasteiger partial charge in [0.15, 0.2) is 0 Å². The summed E-state index contributed by atoms with van der Waals surface area (Å²) in [4.78, 5) is 27.0. The second-order valence-corrected chi connectivity index (χ2v) is 7.03. The first-order valence-corrected chi connectivity index (χ1v) is 9.13. The summed E-state index contributed by atoms with van der Waals surface area (Å²) in [5.41, 5.74) is -0.406. The largest absolute Gasteiger partial charge is 0.416 e. The minimum Gasteiger partial charge on any atom is -0.340 e. The number of alkyl halides is 3. The van der Waals surface area contributed by atoms with E-state index in [0.29, 0.717) is 5.56 Å². The van der Waals surface area contributed by atoms with Crippen LogP contribution in [-0.4, -0.2) is 21.0 Å². The summed E-state index contributed by atoms with van der Waals surface area (Å²) >= 11 is 0. The molecular formula is C20H17F3N4O4. The molecule has 1 N–H and O–H groups in total. The van der Waals surface area contributed by atoms with E-state index in [9.17, 15) is 28.1 Å². The Labute approximate surface area is 174 Å². The number of rotatable bonds is 6. The van der Waals surface area contributed by atoms with Gasteiger partial charge in [0, 0.05) is 23.3 Å². The molecule has 0 unspecified atom stereocenters. The van der Waals surface area contributed by atoms with E-state index < -0.39 is 28.6 Å². The molecular weight excluding hydrogens is 417 g/mol. The first kappa shape index (κ1) is 21.9. The maximum atomic E-state index is 12.7. The van der Waals surface area contributed by atoms with E-state index in [4.69, 9.17) is 4.52 Å². The molecule has 0 spiro atoms. The van der Waals surface area contributed by atoms with Gasteiger partial charge in [0.25, 0.3) is 11.6 Å². The quantitative estimate of drug-likeness (QED) is 0.441. The second kappa shape index (κ2) is 8.54. The SMILES string of the molecule is CC(C)[C@@H](NC(=O)c1ccc(C(F)(F)F)cc1)c1nc(-c2ccc([N+](=O)[O-])cc2)no1. The lowest BCUT2D eigenvalue weighted by Gasteiger charge is -2.18. The Morgan fingerprint density at radius 2 is 1.71 bits per heavy atom. The number of nitro groups is 1. The number of nitrogens with one attached hydrogen (secondary N) is 1. The fraction of sp³-hybridized carbons (Fsp3) is 0.250. The average molecular weight is 434 g/mol. The molecule has 0 bridgehead atoms. The molecule has 0 aliphatic rings. The highest BCUT2D eigenvalue weighted by molar-refractivity contribution is 5.94. The van der Waals surface area contributed by atoms with Crippen LogP contribution in [0.5, 0.6) is 0 Å². The van der Waals surface area contributed by atoms with Gasteiger partial charge in [-0.05, 0) is 42.3 Å². The topological polar surface area (TPSA) is 111 Å². The minimum absolute atomic E-state index is 0.0498. The number of halogens is 3. The first-order valence-electron chi connectivity index (χ1n) is 9.13. The molecule has 2 aromatic carbocycles. The molecule has 0 aliphatic carbocycles. The summed E-state index contributed by atoms with van der Waals surface area (Å²) in [6.45, 7) is 3.60. The highest BCUT2D eigenvalue weighted by Gasteiger charge is 2.31. The van der Waals surface area contributed by atoms with Crippen molar-refractivity contribution in [2.75, 3.05) is 0 Å². The molecule has 8 nitrogen and oxygen atoms in total. The molecule has 0 radical (unpaired) electrons. The summed E-state index contributed by atoms with van der Waals surface area (Å²) in [5, 5.41) is 17.3. The Balaban J connectivity index is 1.78. The second-order valence-electron chi connectivity index (χ2n) is 7.03. The van der Waals surface area contributed by atoms with E-state index in [0.717, 1.165) is 24.3 Å². The van der Waals surface area contributed by atoms with Crippen LogP contribution in [0.25, 0.3) is 11.4 Å². The number of amides is 1. The summed E-state index contributed by atoms with van der Waals surface area (Å²) in [6, 6.07) is 8.69. The number of hydrogen-bond acceptors (Lipinski definition) is 6. The molecule has 0 aliphatic heterocycles. The summed E-state index contributed by atoms with van der Waals surface area (Å²) in [7, 11) is 0. The third-order valence-corrected chi connectivity index (χ3v) is 4.47. The average Bonchev–Trinajstić information content (AvgIpc) is 3.21. The predicted molar refractivity (Wildman–Crippen MR) is 103 cm³/mol. The van der Waals surface area contributed by atoms with Gasteiger partial charge in [0.1, 0.15) is 6.04 Å². The van der Waals surface area contributed by atoms with Crippen molar-refractivity contribution < 1.29 is 27.4 Å². The molecule has 11 heteroatoms. The molecule has 1 aromatic heterocycles. The Hall–Kier alpha value is -3.76. The molecule has 0 saturated heterocycles. The van der Waals surface area contributed by atoms with E-state index in [2.05, 4.69) is 15.5 Å². The van der Waals surface area contributed by atoms with E-state index in [1.807, 2.05) is 0 Å². The zero-order valence-corrected chi connectivity index (χ0v) is 16.4. The van der Waals surface area contributed by atoms with Gasteiger partial charge in [-0.3, -0.25) is 14.9 Å². The number of aromatic nitrogens is 2. The number of non-ortho nitro benzene ring substituents is 1. The number of nitrogens with zero attached hydrogens (tertiary/aromatic N) is 3. The minimum atomic E-state index is -4.49. The zero-order valence-electron chi connectivity index (χ0n) is 16.4. The van der Waals surface area contributed by atoms with E-state index in [1.165, 1.54) is 24.3 Å². The Morgan fingerprint density at radius 1 is 1.10 bits per heavy atom. The highest BCUT2D eigenvalue weighted by Crippen LogP contribution is 2.29. The Morgan fingerprint density at radius 3 is 2.23 bits per heavy atom. The van der Waals surface area contributed by atoms with Crippen molar-refractivity contribution in [3.8, 4) is 11.4 Å². The van der Waals surface area contributed by atoms with Gasteiger partial charge in [-0.25, -0.2) is 0 Å². The number of carbonyl (C=O) groups excluding carboxylic acids is 1. The third kappa shape index (κ3) is 5.05. The number of nitro benzene ring substituents is 1. The lowest BCUT2D eigenvalue weighted by atomic mass is 10.0. The van der Waals surface area contributed by atoms with Crippen molar-refractivity contribution in [1.82, 2.24) is 15.5 Å². The number of benzene rings is 2. The summed E-state index contributed by atoms with van der Waals surface area (Å²) in [6.07, 6.45) is -4.49. The van der Waals surface area contributed by atoms with Crippen LogP contribution in [0.4, 0.5) is 18.9 Å². The Bertz CT molecular complexity index is 1080. The van der Waals surface area contributed by atoms with Crippen molar-refractivity contribution in [1.29, 1.82) is 0 Å². The molecule has 0 fully saturated rings. The predicted octanol–water partition coefficient (Wildman–Crippen LogP) is 4.79. The molecule has 3 rings (SSSR count). The van der Waals surface area contributed by atoms with Crippen LogP contribution < -0.4 is 5.32 Å². The molecule has 3 aromatic rings. The van der Waals surface area contributed by atoms with Gasteiger partial charge >= 0.3 is 6.18 Å². The van der Waals surface area contributed by atoms with Crippen LogP contribution in [0.1, 0.15) is 41.7 Å². The maximum absolute atomic E-state index is 12.7. The van der Waals surface area contributed by atoms with Gasteiger partial charge in [0.05, 0.1) is 10.5 Å². The molecule has 1 heterocycles. The van der Waals surface area contributed by atoms with Crippen LogP contribution in [-0.2, 0) is 6.18 Å². The van der Waals surface area contributed by atoms with Gasteiger partial charge in [-0.2, -0.15) is 18.2 Å². The van der Waals surface area contributed by atoms with Gasteiger partial charge in [0.2, 0.25) is 11.7 Å². The van der Waals surface area contributed by atoms with E-state index in [1.54, 1.807) is 13.8 Å². The lowest BCUT2D eigenvalue weighted by molar-refractivity contribution is -0.384. The summed E-state index contributed by atoms with van der Waals surface area (Å²) in [5.74, 6) is -0.492. The smallest absolute Gasteiger partial charge is 0.340 e. The lowest BCUT2D eigenvalue weighted by Crippen LogP contribution is -2.32. The molecule has 162 valence electrons. The third-order valence-electron chi connectivity index (χ3n) is 4.47. The first-order chi connectivity index (χ1) is 14.6. The van der Waals surface area contributed by atoms with Crippen molar-refractivity contribution in [3.05, 3.63) is 75.7 Å².